The normalized spacial score (nSPS) is 10.8. The number of fused-ring (bicyclic) bond motifs is 1. The van der Waals surface area contributed by atoms with Gasteiger partial charge in [0, 0.05) is 11.1 Å². The lowest BCUT2D eigenvalue weighted by Crippen LogP contribution is -2.00. The van der Waals surface area contributed by atoms with E-state index in [1.54, 1.807) is 30.6 Å². The van der Waals surface area contributed by atoms with E-state index in [9.17, 15) is 5.11 Å². The number of hydrogen-bond acceptors (Lipinski definition) is 5. The molecule has 0 amide bonds. The van der Waals surface area contributed by atoms with Gasteiger partial charge in [0.05, 0.1) is 12.1 Å². The minimum atomic E-state index is 0.232. The van der Waals surface area contributed by atoms with Crippen LogP contribution in [0.1, 0.15) is 25.3 Å². The number of hydrogen-bond donors (Lipinski definition) is 2. The van der Waals surface area contributed by atoms with Crippen LogP contribution in [0.3, 0.4) is 0 Å². The summed E-state index contributed by atoms with van der Waals surface area (Å²) in [5, 5.41) is 13.6. The number of aromatic nitrogens is 2. The summed E-state index contributed by atoms with van der Waals surface area (Å²) in [6, 6.07) is 10.9. The third-order valence-corrected chi connectivity index (χ3v) is 3.82. The van der Waals surface area contributed by atoms with Crippen molar-refractivity contribution in [3.63, 3.8) is 0 Å². The van der Waals surface area contributed by atoms with Crippen LogP contribution in [0.5, 0.6) is 11.5 Å². The van der Waals surface area contributed by atoms with Crippen molar-refractivity contribution in [2.75, 3.05) is 11.9 Å². The second-order valence-electron chi connectivity index (χ2n) is 5.73. The molecule has 2 N–H and O–H groups in total. The van der Waals surface area contributed by atoms with Crippen LogP contribution in [0.15, 0.2) is 42.7 Å². The Morgan fingerprint density at radius 1 is 1.12 bits per heavy atom. The molecule has 0 aliphatic carbocycles. The summed E-state index contributed by atoms with van der Waals surface area (Å²) >= 11 is 0. The summed E-state index contributed by atoms with van der Waals surface area (Å²) in [4.78, 5) is 8.70. The third kappa shape index (κ3) is 3.56. The number of phenolic OH excluding ortho intramolecular Hbond substituents is 1. The van der Waals surface area contributed by atoms with Crippen molar-refractivity contribution in [2.24, 2.45) is 0 Å². The zero-order valence-electron chi connectivity index (χ0n) is 13.9. The Morgan fingerprint density at radius 2 is 1.92 bits per heavy atom. The fourth-order valence-corrected chi connectivity index (χ4v) is 2.45. The molecule has 0 spiro atoms. The molecule has 24 heavy (non-hydrogen) atoms. The summed E-state index contributed by atoms with van der Waals surface area (Å²) in [6.07, 6.45) is 3.67. The molecule has 1 heterocycles. The molecule has 0 unspecified atom stereocenters. The first-order chi connectivity index (χ1) is 11.7. The topological polar surface area (TPSA) is 67.3 Å². The Balaban J connectivity index is 1.95. The lowest BCUT2D eigenvalue weighted by atomic mass is 10.1. The zero-order chi connectivity index (χ0) is 16.9. The molecule has 5 heteroatoms. The van der Waals surface area contributed by atoms with Gasteiger partial charge in [-0.2, -0.15) is 0 Å². The van der Waals surface area contributed by atoms with Crippen molar-refractivity contribution < 1.29 is 9.84 Å². The van der Waals surface area contributed by atoms with E-state index in [4.69, 9.17) is 4.74 Å². The second kappa shape index (κ2) is 7.17. The highest BCUT2D eigenvalue weighted by molar-refractivity contribution is 5.92. The van der Waals surface area contributed by atoms with Crippen molar-refractivity contribution in [2.45, 2.75) is 26.7 Å². The van der Waals surface area contributed by atoms with E-state index < -0.39 is 0 Å². The largest absolute Gasteiger partial charge is 0.508 e. The van der Waals surface area contributed by atoms with Crippen LogP contribution >= 0.6 is 0 Å². The Morgan fingerprint density at radius 3 is 2.67 bits per heavy atom. The fraction of sp³-hybridized carbons (Fsp3) is 0.263. The average Bonchev–Trinajstić information content (AvgIpc) is 2.58. The van der Waals surface area contributed by atoms with Gasteiger partial charge >= 0.3 is 0 Å². The van der Waals surface area contributed by atoms with Crippen molar-refractivity contribution in [3.8, 4) is 11.5 Å². The maximum atomic E-state index is 9.39. The average molecular weight is 323 g/mol. The minimum Gasteiger partial charge on any atom is -0.508 e. The molecule has 0 saturated heterocycles. The lowest BCUT2D eigenvalue weighted by molar-refractivity contribution is 0.308. The maximum Gasteiger partial charge on any atom is 0.141 e. The van der Waals surface area contributed by atoms with Gasteiger partial charge in [0.1, 0.15) is 23.6 Å². The van der Waals surface area contributed by atoms with Gasteiger partial charge in [-0.1, -0.05) is 13.3 Å². The van der Waals surface area contributed by atoms with Crippen molar-refractivity contribution in [1.29, 1.82) is 0 Å². The predicted molar refractivity (Wildman–Crippen MR) is 96.1 cm³/mol. The first-order valence-electron chi connectivity index (χ1n) is 8.11. The molecule has 0 radical (unpaired) electrons. The predicted octanol–water partition coefficient (Wildman–Crippen LogP) is 4.57. The van der Waals surface area contributed by atoms with Gasteiger partial charge in [0.2, 0.25) is 0 Å². The van der Waals surface area contributed by atoms with Gasteiger partial charge in [-0.15, -0.1) is 0 Å². The van der Waals surface area contributed by atoms with E-state index in [0.29, 0.717) is 12.4 Å². The molecule has 3 aromatic rings. The zero-order valence-corrected chi connectivity index (χ0v) is 13.9. The van der Waals surface area contributed by atoms with Gasteiger partial charge in [0.25, 0.3) is 0 Å². The molecular formula is C19H21N3O2. The van der Waals surface area contributed by atoms with E-state index in [1.165, 1.54) is 0 Å². The maximum absolute atomic E-state index is 9.39. The molecule has 0 fully saturated rings. The number of aromatic hydroxyl groups is 1. The Kier molecular flexibility index (Phi) is 4.79. The summed E-state index contributed by atoms with van der Waals surface area (Å²) < 4.78 is 5.89. The van der Waals surface area contributed by atoms with Crippen LogP contribution in [0, 0.1) is 6.92 Å². The summed E-state index contributed by atoms with van der Waals surface area (Å²) in [6.45, 7) is 4.87. The first-order valence-corrected chi connectivity index (χ1v) is 8.11. The van der Waals surface area contributed by atoms with E-state index in [2.05, 4.69) is 22.2 Å². The third-order valence-electron chi connectivity index (χ3n) is 3.82. The monoisotopic (exact) mass is 323 g/mol. The molecule has 0 aliphatic heterocycles. The highest BCUT2D eigenvalue weighted by atomic mass is 16.5. The standard InChI is InChI=1S/C19H21N3O2/c1-3-4-9-24-18-11-16-17(10-13(18)2)20-12-21-19(16)22-14-5-7-15(23)8-6-14/h5-8,10-12,23H,3-4,9H2,1-2H3,(H,20,21,22). The number of unbranched alkanes of at least 4 members (excludes halogenated alkanes) is 1. The molecular weight excluding hydrogens is 302 g/mol. The van der Waals surface area contributed by atoms with Crippen LogP contribution in [0.4, 0.5) is 11.5 Å². The molecule has 0 bridgehead atoms. The fourth-order valence-electron chi connectivity index (χ4n) is 2.45. The van der Waals surface area contributed by atoms with Gasteiger partial charge in [-0.25, -0.2) is 9.97 Å². The van der Waals surface area contributed by atoms with E-state index >= 15 is 0 Å². The summed E-state index contributed by atoms with van der Waals surface area (Å²) in [5.41, 5.74) is 2.78. The second-order valence-corrected chi connectivity index (χ2v) is 5.73. The number of phenols is 1. The SMILES string of the molecule is CCCCOc1cc2c(Nc3ccc(O)cc3)ncnc2cc1C. The van der Waals surface area contributed by atoms with Gasteiger partial charge in [-0.3, -0.25) is 0 Å². The minimum absolute atomic E-state index is 0.232. The van der Waals surface area contributed by atoms with Gasteiger partial charge < -0.3 is 15.2 Å². The van der Waals surface area contributed by atoms with E-state index in [0.717, 1.165) is 40.7 Å². The molecule has 1 aromatic heterocycles. The Labute approximate surface area is 141 Å². The van der Waals surface area contributed by atoms with Gasteiger partial charge in [0.15, 0.2) is 0 Å². The molecule has 0 saturated carbocycles. The van der Waals surface area contributed by atoms with Crippen LogP contribution in [-0.2, 0) is 0 Å². The van der Waals surface area contributed by atoms with Crippen molar-refractivity contribution >= 4 is 22.4 Å². The van der Waals surface area contributed by atoms with Crippen molar-refractivity contribution in [3.05, 3.63) is 48.3 Å². The highest BCUT2D eigenvalue weighted by Crippen LogP contribution is 2.30. The Bertz CT molecular complexity index is 832. The van der Waals surface area contributed by atoms with E-state index in [1.807, 2.05) is 19.1 Å². The summed E-state index contributed by atoms with van der Waals surface area (Å²) in [7, 11) is 0. The number of ether oxygens (including phenoxy) is 1. The van der Waals surface area contributed by atoms with Crippen LogP contribution < -0.4 is 10.1 Å². The molecule has 2 aromatic carbocycles. The number of rotatable bonds is 6. The lowest BCUT2D eigenvalue weighted by Gasteiger charge is -2.13. The van der Waals surface area contributed by atoms with E-state index in [-0.39, 0.29) is 5.75 Å². The molecule has 124 valence electrons. The summed E-state index contributed by atoms with van der Waals surface area (Å²) in [5.74, 6) is 1.81. The number of aryl methyl sites for hydroxylation is 1. The highest BCUT2D eigenvalue weighted by Gasteiger charge is 2.09. The molecule has 0 atom stereocenters. The van der Waals surface area contributed by atoms with Crippen LogP contribution in [-0.4, -0.2) is 21.7 Å². The molecule has 3 rings (SSSR count). The van der Waals surface area contributed by atoms with Crippen LogP contribution in [0.25, 0.3) is 10.9 Å². The molecule has 0 aliphatic rings. The van der Waals surface area contributed by atoms with Gasteiger partial charge in [-0.05, 0) is 55.3 Å². The molecule has 5 nitrogen and oxygen atoms in total. The van der Waals surface area contributed by atoms with Crippen molar-refractivity contribution in [1.82, 2.24) is 9.97 Å². The number of nitrogens with zero attached hydrogens (tertiary/aromatic N) is 2. The van der Waals surface area contributed by atoms with Crippen LogP contribution in [0.2, 0.25) is 0 Å². The number of anilines is 2. The Hall–Kier alpha value is -2.82. The quantitative estimate of drug-likeness (QED) is 0.514. The number of nitrogens with one attached hydrogen (secondary N) is 1. The first kappa shape index (κ1) is 16.1. The number of benzene rings is 2. The smallest absolute Gasteiger partial charge is 0.141 e.